The summed E-state index contributed by atoms with van der Waals surface area (Å²) >= 11 is 0. The summed E-state index contributed by atoms with van der Waals surface area (Å²) in [5.41, 5.74) is 2.01. The number of nitrogens with one attached hydrogen (secondary N) is 2. The molecule has 1 amide bonds. The first-order valence-electron chi connectivity index (χ1n) is 11.2. The Hall–Kier alpha value is -3.49. The van der Waals surface area contributed by atoms with Crippen molar-refractivity contribution in [1.82, 2.24) is 4.72 Å². The summed E-state index contributed by atoms with van der Waals surface area (Å²) in [6.45, 7) is 7.11. The molecule has 3 aromatic carbocycles. The van der Waals surface area contributed by atoms with Gasteiger partial charge in [0.2, 0.25) is 10.0 Å². The van der Waals surface area contributed by atoms with Crippen molar-refractivity contribution in [3.63, 3.8) is 0 Å². The fourth-order valence-corrected chi connectivity index (χ4v) is 4.46. The van der Waals surface area contributed by atoms with Gasteiger partial charge in [-0.15, -0.1) is 0 Å². The van der Waals surface area contributed by atoms with Crippen LogP contribution in [0, 0.1) is 6.92 Å². The van der Waals surface area contributed by atoms with Crippen molar-refractivity contribution >= 4 is 27.6 Å². The zero-order chi connectivity index (χ0) is 25.6. The maximum atomic E-state index is 13.1. The molecule has 0 heterocycles. The highest BCUT2D eigenvalue weighted by Crippen LogP contribution is 2.18. The SMILES string of the molecule is Cc1ccc(C(=O)Nc2ccc(S(=O)(=O)NC(Cc3ccccc3)C(=O)OC(C)(C)C)cc2)cc1. The molecule has 1 unspecified atom stereocenters. The molecule has 3 rings (SSSR count). The van der Waals surface area contributed by atoms with Gasteiger partial charge in [0.15, 0.2) is 0 Å². The number of benzene rings is 3. The molecule has 0 saturated carbocycles. The van der Waals surface area contributed by atoms with Crippen molar-refractivity contribution < 1.29 is 22.7 Å². The molecule has 35 heavy (non-hydrogen) atoms. The lowest BCUT2D eigenvalue weighted by molar-refractivity contribution is -0.156. The molecule has 0 aliphatic rings. The Balaban J connectivity index is 1.75. The average molecular weight is 495 g/mol. The Kier molecular flexibility index (Phi) is 8.09. The van der Waals surface area contributed by atoms with Gasteiger partial charge < -0.3 is 10.1 Å². The van der Waals surface area contributed by atoms with E-state index in [9.17, 15) is 18.0 Å². The number of ether oxygens (including phenoxy) is 1. The molecule has 0 radical (unpaired) electrons. The molecule has 184 valence electrons. The number of sulfonamides is 1. The van der Waals surface area contributed by atoms with Gasteiger partial charge in [0.05, 0.1) is 4.90 Å². The second kappa shape index (κ2) is 10.8. The minimum Gasteiger partial charge on any atom is -0.459 e. The quantitative estimate of drug-likeness (QED) is 0.450. The van der Waals surface area contributed by atoms with Crippen LogP contribution in [0.5, 0.6) is 0 Å². The van der Waals surface area contributed by atoms with Crippen LogP contribution in [0.2, 0.25) is 0 Å². The molecule has 0 bridgehead atoms. The van der Waals surface area contributed by atoms with E-state index >= 15 is 0 Å². The number of carbonyl (C=O) groups is 2. The molecule has 3 aromatic rings. The molecule has 8 heteroatoms. The zero-order valence-corrected chi connectivity index (χ0v) is 21.1. The number of rotatable bonds is 8. The first-order valence-corrected chi connectivity index (χ1v) is 12.7. The number of amides is 1. The summed E-state index contributed by atoms with van der Waals surface area (Å²) in [4.78, 5) is 25.2. The van der Waals surface area contributed by atoms with Crippen LogP contribution >= 0.6 is 0 Å². The first kappa shape index (κ1) is 26.1. The molecule has 0 aliphatic heterocycles. The van der Waals surface area contributed by atoms with Gasteiger partial charge in [-0.2, -0.15) is 4.72 Å². The minimum absolute atomic E-state index is 0.0348. The molecule has 0 saturated heterocycles. The van der Waals surface area contributed by atoms with E-state index in [2.05, 4.69) is 10.0 Å². The van der Waals surface area contributed by atoms with Gasteiger partial charge in [-0.1, -0.05) is 48.0 Å². The third-order valence-electron chi connectivity index (χ3n) is 5.01. The summed E-state index contributed by atoms with van der Waals surface area (Å²) in [6.07, 6.45) is 0.139. The predicted octanol–water partition coefficient (Wildman–Crippen LogP) is 4.48. The highest BCUT2D eigenvalue weighted by Gasteiger charge is 2.30. The normalized spacial score (nSPS) is 12.6. The van der Waals surface area contributed by atoms with E-state index in [1.54, 1.807) is 32.9 Å². The minimum atomic E-state index is -4.05. The smallest absolute Gasteiger partial charge is 0.325 e. The largest absolute Gasteiger partial charge is 0.459 e. The molecular weight excluding hydrogens is 464 g/mol. The van der Waals surface area contributed by atoms with E-state index in [4.69, 9.17) is 4.74 Å². The van der Waals surface area contributed by atoms with Crippen LogP contribution in [0.3, 0.4) is 0 Å². The molecule has 0 spiro atoms. The number of carbonyl (C=O) groups excluding carboxylic acids is 2. The van der Waals surface area contributed by atoms with Gasteiger partial charge in [-0.3, -0.25) is 9.59 Å². The van der Waals surface area contributed by atoms with Crippen LogP contribution in [-0.2, 0) is 26.0 Å². The molecule has 0 aliphatic carbocycles. The highest BCUT2D eigenvalue weighted by atomic mass is 32.2. The van der Waals surface area contributed by atoms with Crippen molar-refractivity contribution in [1.29, 1.82) is 0 Å². The van der Waals surface area contributed by atoms with Crippen LogP contribution in [-0.4, -0.2) is 31.9 Å². The second-order valence-electron chi connectivity index (χ2n) is 9.24. The topological polar surface area (TPSA) is 102 Å². The van der Waals surface area contributed by atoms with Gasteiger partial charge in [0.25, 0.3) is 5.91 Å². The van der Waals surface area contributed by atoms with Crippen molar-refractivity contribution in [3.8, 4) is 0 Å². The maximum absolute atomic E-state index is 13.1. The molecule has 1 atom stereocenters. The van der Waals surface area contributed by atoms with Gasteiger partial charge >= 0.3 is 5.97 Å². The Morgan fingerprint density at radius 2 is 1.49 bits per heavy atom. The summed E-state index contributed by atoms with van der Waals surface area (Å²) in [5, 5.41) is 2.75. The van der Waals surface area contributed by atoms with Crippen LogP contribution in [0.4, 0.5) is 5.69 Å². The van der Waals surface area contributed by atoms with Crippen molar-refractivity contribution in [3.05, 3.63) is 95.6 Å². The highest BCUT2D eigenvalue weighted by molar-refractivity contribution is 7.89. The Morgan fingerprint density at radius 3 is 2.06 bits per heavy atom. The number of hydrogen-bond acceptors (Lipinski definition) is 5. The fourth-order valence-electron chi connectivity index (χ4n) is 3.28. The first-order chi connectivity index (χ1) is 16.4. The van der Waals surface area contributed by atoms with E-state index in [1.165, 1.54) is 24.3 Å². The lowest BCUT2D eigenvalue weighted by atomic mass is 10.1. The lowest BCUT2D eigenvalue weighted by Gasteiger charge is -2.24. The second-order valence-corrected chi connectivity index (χ2v) is 11.0. The van der Waals surface area contributed by atoms with Gasteiger partial charge in [0.1, 0.15) is 11.6 Å². The van der Waals surface area contributed by atoms with Gasteiger partial charge in [-0.05, 0) is 76.1 Å². The van der Waals surface area contributed by atoms with E-state index in [0.29, 0.717) is 11.3 Å². The predicted molar refractivity (Wildman–Crippen MR) is 136 cm³/mol. The van der Waals surface area contributed by atoms with E-state index in [-0.39, 0.29) is 17.2 Å². The van der Waals surface area contributed by atoms with Crippen LogP contribution in [0.1, 0.15) is 42.3 Å². The Labute approximate surface area is 206 Å². The summed E-state index contributed by atoms with van der Waals surface area (Å²) < 4.78 is 34.1. The summed E-state index contributed by atoms with van der Waals surface area (Å²) in [5.74, 6) is -0.960. The molecule has 2 N–H and O–H groups in total. The van der Waals surface area contributed by atoms with Crippen molar-refractivity contribution in [2.75, 3.05) is 5.32 Å². The Bertz CT molecular complexity index is 1260. The summed E-state index contributed by atoms with van der Waals surface area (Å²) in [6, 6.07) is 20.9. The molecule has 0 aromatic heterocycles. The average Bonchev–Trinajstić information content (AvgIpc) is 2.79. The van der Waals surface area contributed by atoms with Crippen LogP contribution in [0.15, 0.2) is 83.8 Å². The van der Waals surface area contributed by atoms with E-state index < -0.39 is 27.6 Å². The number of aryl methyl sites for hydroxylation is 1. The van der Waals surface area contributed by atoms with E-state index in [0.717, 1.165) is 11.1 Å². The molecular formula is C27H30N2O5S. The van der Waals surface area contributed by atoms with Crippen LogP contribution < -0.4 is 10.0 Å². The standard InChI is InChI=1S/C27H30N2O5S/c1-19-10-12-21(13-11-19)25(30)28-22-14-16-23(17-15-22)35(32,33)29-24(26(31)34-27(2,3)4)18-20-8-6-5-7-9-20/h5-17,24,29H,18H2,1-4H3,(H,28,30). The summed E-state index contributed by atoms with van der Waals surface area (Å²) in [7, 11) is -4.05. The number of esters is 1. The number of anilines is 1. The Morgan fingerprint density at radius 1 is 0.886 bits per heavy atom. The third kappa shape index (κ3) is 7.77. The third-order valence-corrected chi connectivity index (χ3v) is 6.50. The van der Waals surface area contributed by atoms with Gasteiger partial charge in [0, 0.05) is 11.3 Å². The monoisotopic (exact) mass is 494 g/mol. The zero-order valence-electron chi connectivity index (χ0n) is 20.2. The maximum Gasteiger partial charge on any atom is 0.325 e. The van der Waals surface area contributed by atoms with Crippen molar-refractivity contribution in [2.24, 2.45) is 0 Å². The van der Waals surface area contributed by atoms with E-state index in [1.807, 2.05) is 49.4 Å². The fraction of sp³-hybridized carbons (Fsp3) is 0.259. The van der Waals surface area contributed by atoms with Crippen LogP contribution in [0.25, 0.3) is 0 Å². The molecule has 0 fully saturated rings. The molecule has 7 nitrogen and oxygen atoms in total. The lowest BCUT2D eigenvalue weighted by Crippen LogP contribution is -2.45. The van der Waals surface area contributed by atoms with Crippen molar-refractivity contribution in [2.45, 2.75) is 50.7 Å². The number of hydrogen-bond donors (Lipinski definition) is 2. The van der Waals surface area contributed by atoms with Gasteiger partial charge in [-0.25, -0.2) is 8.42 Å².